The van der Waals surface area contributed by atoms with Gasteiger partial charge >= 0.3 is 0 Å². The van der Waals surface area contributed by atoms with Gasteiger partial charge in [0.05, 0.1) is 16.8 Å². The Labute approximate surface area is 390 Å². The zero-order chi connectivity index (χ0) is 43.8. The fraction of sp³-hybridized carbons (Fsp3) is 0.169. The molecule has 2 aliphatic heterocycles. The van der Waals surface area contributed by atoms with Crippen molar-refractivity contribution in [2.24, 2.45) is 5.92 Å². The van der Waals surface area contributed by atoms with Crippen molar-refractivity contribution in [3.8, 4) is 11.1 Å². The van der Waals surface area contributed by atoms with Gasteiger partial charge in [-0.15, -0.1) is 0 Å². The Morgan fingerprint density at radius 1 is 0.606 bits per heavy atom. The summed E-state index contributed by atoms with van der Waals surface area (Å²) in [5.41, 5.74) is 23.4. The van der Waals surface area contributed by atoms with Crippen molar-refractivity contribution in [1.82, 2.24) is 0 Å². The molecule has 66 heavy (non-hydrogen) atoms. The summed E-state index contributed by atoms with van der Waals surface area (Å²) < 4.78 is 0. The van der Waals surface area contributed by atoms with E-state index in [0.717, 1.165) is 25.7 Å². The molecule has 4 aliphatic carbocycles. The van der Waals surface area contributed by atoms with Crippen LogP contribution in [0.1, 0.15) is 99.9 Å². The molecule has 6 aliphatic rings. The Morgan fingerprint density at radius 2 is 1.30 bits per heavy atom. The third-order valence-corrected chi connectivity index (χ3v) is 15.9. The van der Waals surface area contributed by atoms with Crippen LogP contribution in [0.3, 0.4) is 0 Å². The summed E-state index contributed by atoms with van der Waals surface area (Å²) in [5, 5.41) is 0. The summed E-state index contributed by atoms with van der Waals surface area (Å²) >= 11 is 0. The standard InChI is InChI=1S/C65H53N/c1-43(41-44-27-29-47(30-28-44)45-15-4-2-5-16-45)63(50-35-31-48(32-36-50)46-17-6-3-7-18-46)51-37-33-49(34-38-51)52-39-40-58-56(42-52)53-19-8-10-22-57(53)65(58)59-23-11-13-26-62(59)66-61-25-12-9-20-54(61)55-21-14-24-60(65)64(55)66/h2-19,21-31,33-40,43,48,52,54,63H,20,32,41-42H2,1H3. The lowest BCUT2D eigenvalue weighted by atomic mass is 9.63. The molecule has 0 radical (unpaired) electrons. The highest BCUT2D eigenvalue weighted by Gasteiger charge is 2.55. The zero-order valence-electron chi connectivity index (χ0n) is 37.5. The summed E-state index contributed by atoms with van der Waals surface area (Å²) in [6.07, 6.45) is 23.5. The topological polar surface area (TPSA) is 3.24 Å². The molecule has 1 nitrogen and oxygen atoms in total. The Morgan fingerprint density at radius 3 is 2.11 bits per heavy atom. The van der Waals surface area contributed by atoms with Crippen LogP contribution in [0.2, 0.25) is 0 Å². The lowest BCUT2D eigenvalue weighted by Crippen LogP contribution is -2.37. The second-order valence-electron chi connectivity index (χ2n) is 19.5. The first kappa shape index (κ1) is 39.2. The van der Waals surface area contributed by atoms with Crippen molar-refractivity contribution < 1.29 is 0 Å². The molecule has 7 aromatic rings. The van der Waals surface area contributed by atoms with Crippen LogP contribution in [0.25, 0.3) is 16.7 Å². The molecule has 0 bridgehead atoms. The maximum Gasteiger partial charge on any atom is 0.0751 e. The smallest absolute Gasteiger partial charge is 0.0751 e. The van der Waals surface area contributed by atoms with E-state index in [1.165, 1.54) is 95.0 Å². The van der Waals surface area contributed by atoms with Gasteiger partial charge in [-0.05, 0) is 122 Å². The highest BCUT2D eigenvalue weighted by Crippen LogP contribution is 2.67. The molecule has 1 spiro atoms. The van der Waals surface area contributed by atoms with Crippen molar-refractivity contribution >= 4 is 16.9 Å². The molecular formula is C65H53N. The number of fused-ring (bicyclic) bond motifs is 11. The van der Waals surface area contributed by atoms with E-state index in [1.54, 1.807) is 0 Å². The SMILES string of the molecule is CC(Cc1ccc(-c2ccccc2)cc1)C(C1=CCC(c2ccccc2)C=C1)c1ccc(C2C=CC3=C(C2)c2ccccc2C32c3ccccc3N3C4=CC=CCC4c4cccc2c43)cc1. The molecule has 2 heterocycles. The van der Waals surface area contributed by atoms with Crippen molar-refractivity contribution in [1.29, 1.82) is 0 Å². The van der Waals surface area contributed by atoms with Gasteiger partial charge in [-0.25, -0.2) is 0 Å². The third kappa shape index (κ3) is 6.06. The first-order valence-electron chi connectivity index (χ1n) is 24.2. The minimum absolute atomic E-state index is 0.285. The Balaban J connectivity index is 0.840. The van der Waals surface area contributed by atoms with Crippen LogP contribution in [0, 0.1) is 5.92 Å². The predicted molar refractivity (Wildman–Crippen MR) is 274 cm³/mol. The van der Waals surface area contributed by atoms with Crippen LogP contribution in [-0.2, 0) is 11.8 Å². The van der Waals surface area contributed by atoms with Crippen LogP contribution in [0.15, 0.2) is 241 Å². The molecule has 0 N–H and O–H groups in total. The van der Waals surface area contributed by atoms with Crippen molar-refractivity contribution in [2.45, 2.75) is 61.7 Å². The summed E-state index contributed by atoms with van der Waals surface area (Å²) in [4.78, 5) is 2.61. The largest absolute Gasteiger partial charge is 0.313 e. The molecule has 0 amide bonds. The molecule has 1 heteroatoms. The number of allylic oxidation sites excluding steroid dienone is 12. The predicted octanol–water partition coefficient (Wildman–Crippen LogP) is 16.2. The van der Waals surface area contributed by atoms with Gasteiger partial charge in [0.2, 0.25) is 0 Å². The zero-order valence-corrected chi connectivity index (χ0v) is 37.5. The highest BCUT2D eigenvalue weighted by molar-refractivity contribution is 5.97. The van der Waals surface area contributed by atoms with E-state index in [2.05, 4.69) is 236 Å². The first-order chi connectivity index (χ1) is 32.6. The lowest BCUT2D eigenvalue weighted by Gasteiger charge is -2.45. The summed E-state index contributed by atoms with van der Waals surface area (Å²) in [6, 6.07) is 66.6. The van der Waals surface area contributed by atoms with E-state index in [9.17, 15) is 0 Å². The number of anilines is 2. The van der Waals surface area contributed by atoms with Crippen molar-refractivity contribution in [2.75, 3.05) is 4.90 Å². The molecule has 13 rings (SSSR count). The maximum absolute atomic E-state index is 2.61. The quantitative estimate of drug-likeness (QED) is 0.147. The van der Waals surface area contributed by atoms with Gasteiger partial charge in [0.25, 0.3) is 0 Å². The van der Waals surface area contributed by atoms with E-state index in [4.69, 9.17) is 0 Å². The van der Waals surface area contributed by atoms with Crippen LogP contribution in [0.4, 0.5) is 11.4 Å². The lowest BCUT2D eigenvalue weighted by molar-refractivity contribution is 0.505. The third-order valence-electron chi connectivity index (χ3n) is 15.9. The van der Waals surface area contributed by atoms with Gasteiger partial charge in [0.1, 0.15) is 0 Å². The Bertz CT molecular complexity index is 3210. The van der Waals surface area contributed by atoms with E-state index in [1.807, 2.05) is 0 Å². The first-order valence-corrected chi connectivity index (χ1v) is 24.2. The van der Waals surface area contributed by atoms with E-state index >= 15 is 0 Å². The second-order valence-corrected chi connectivity index (χ2v) is 19.5. The number of para-hydroxylation sites is 2. The summed E-state index contributed by atoms with van der Waals surface area (Å²) in [5.74, 6) is 1.78. The number of hydrogen-bond acceptors (Lipinski definition) is 1. The summed E-state index contributed by atoms with van der Waals surface area (Å²) in [7, 11) is 0. The minimum Gasteiger partial charge on any atom is -0.313 e. The number of nitrogens with zero attached hydrogens (tertiary/aromatic N) is 1. The van der Waals surface area contributed by atoms with Gasteiger partial charge in [-0.2, -0.15) is 0 Å². The van der Waals surface area contributed by atoms with Gasteiger partial charge < -0.3 is 4.90 Å². The normalized spacial score (nSPS) is 22.5. The molecule has 0 aromatic heterocycles. The second kappa shape index (κ2) is 15.7. The van der Waals surface area contributed by atoms with Gasteiger partial charge in [-0.1, -0.05) is 219 Å². The Kier molecular flexibility index (Phi) is 9.34. The van der Waals surface area contributed by atoms with Gasteiger partial charge in [0, 0.05) is 29.4 Å². The molecule has 7 aromatic carbocycles. The number of hydrogen-bond donors (Lipinski definition) is 0. The molecule has 0 fully saturated rings. The highest BCUT2D eigenvalue weighted by atomic mass is 15.2. The Hall–Kier alpha value is -7.22. The van der Waals surface area contributed by atoms with Crippen molar-refractivity contribution in [3.63, 3.8) is 0 Å². The van der Waals surface area contributed by atoms with Gasteiger partial charge in [-0.3, -0.25) is 0 Å². The molecule has 6 unspecified atom stereocenters. The molecule has 0 saturated heterocycles. The molecule has 6 atom stereocenters. The average Bonchev–Trinajstić information content (AvgIpc) is 3.88. The molecular weight excluding hydrogens is 795 g/mol. The van der Waals surface area contributed by atoms with Gasteiger partial charge in [0.15, 0.2) is 0 Å². The maximum atomic E-state index is 2.61. The van der Waals surface area contributed by atoms with Crippen LogP contribution < -0.4 is 4.90 Å². The van der Waals surface area contributed by atoms with E-state index < -0.39 is 0 Å². The summed E-state index contributed by atoms with van der Waals surface area (Å²) in [6.45, 7) is 2.46. The van der Waals surface area contributed by atoms with E-state index in [-0.39, 0.29) is 17.3 Å². The minimum atomic E-state index is -0.372. The fourth-order valence-electron chi connectivity index (χ4n) is 13.0. The van der Waals surface area contributed by atoms with Crippen LogP contribution in [0.5, 0.6) is 0 Å². The monoisotopic (exact) mass is 847 g/mol. The number of benzene rings is 7. The van der Waals surface area contributed by atoms with Crippen LogP contribution >= 0.6 is 0 Å². The fourth-order valence-corrected chi connectivity index (χ4v) is 13.0. The molecule has 0 saturated carbocycles. The van der Waals surface area contributed by atoms with Crippen molar-refractivity contribution in [3.05, 3.63) is 291 Å². The molecule has 318 valence electrons. The van der Waals surface area contributed by atoms with Crippen LogP contribution in [-0.4, -0.2) is 0 Å². The van der Waals surface area contributed by atoms with E-state index in [0.29, 0.717) is 17.8 Å². The average molecular weight is 848 g/mol. The number of rotatable bonds is 8.